The number of hydrogen-bond donors (Lipinski definition) is 0. The van der Waals surface area contributed by atoms with E-state index in [1.54, 1.807) is 16.9 Å². The van der Waals surface area contributed by atoms with E-state index in [0.717, 1.165) is 4.34 Å². The van der Waals surface area contributed by atoms with Gasteiger partial charge in [-0.2, -0.15) is 0 Å². The maximum atomic E-state index is 5.99. The summed E-state index contributed by atoms with van der Waals surface area (Å²) in [5.74, 6) is 0. The third kappa shape index (κ3) is 3.32. The second-order valence-electron chi connectivity index (χ2n) is 5.33. The number of thiophene rings is 1. The molecular weight excluding hydrogens is 286 g/mol. The Morgan fingerprint density at radius 1 is 1.05 bits per heavy atom. The fourth-order valence-electron chi connectivity index (χ4n) is 2.50. The van der Waals surface area contributed by atoms with Crippen molar-refractivity contribution < 1.29 is 0 Å². The summed E-state index contributed by atoms with van der Waals surface area (Å²) in [6.45, 7) is 2.36. The van der Waals surface area contributed by atoms with E-state index in [9.17, 15) is 0 Å². The van der Waals surface area contributed by atoms with Gasteiger partial charge in [0.2, 0.25) is 0 Å². The zero-order valence-electron chi connectivity index (χ0n) is 11.6. The van der Waals surface area contributed by atoms with E-state index >= 15 is 0 Å². The van der Waals surface area contributed by atoms with Crippen molar-refractivity contribution in [3.8, 4) is 10.4 Å². The van der Waals surface area contributed by atoms with Crippen LogP contribution in [-0.4, -0.2) is 25.0 Å². The van der Waals surface area contributed by atoms with Crippen LogP contribution in [0.4, 0.5) is 0 Å². The standard InChI is InChI=1S/C17H18ClNS/c1-19-10-8-14(9-11-19)12-13-2-4-15(5-3-13)16-6-7-17(18)20-16/h2-7,12H,8-11H2,1H3. The highest BCUT2D eigenvalue weighted by Gasteiger charge is 2.09. The van der Waals surface area contributed by atoms with Gasteiger partial charge >= 0.3 is 0 Å². The molecule has 1 aromatic heterocycles. The van der Waals surface area contributed by atoms with Gasteiger partial charge in [0.1, 0.15) is 0 Å². The first-order chi connectivity index (χ1) is 9.70. The Labute approximate surface area is 129 Å². The molecule has 2 aromatic rings. The molecule has 3 rings (SSSR count). The Bertz CT molecular complexity index is 602. The molecule has 3 heteroatoms. The quantitative estimate of drug-likeness (QED) is 0.739. The molecule has 104 valence electrons. The van der Waals surface area contributed by atoms with E-state index in [-0.39, 0.29) is 0 Å². The molecule has 1 aliphatic rings. The zero-order chi connectivity index (χ0) is 13.9. The van der Waals surface area contributed by atoms with Crippen LogP contribution in [0.5, 0.6) is 0 Å². The lowest BCUT2D eigenvalue weighted by Crippen LogP contribution is -2.26. The van der Waals surface area contributed by atoms with E-state index in [4.69, 9.17) is 11.6 Å². The molecule has 0 spiro atoms. The van der Waals surface area contributed by atoms with Crippen LogP contribution < -0.4 is 0 Å². The minimum absolute atomic E-state index is 0.845. The zero-order valence-corrected chi connectivity index (χ0v) is 13.2. The summed E-state index contributed by atoms with van der Waals surface area (Å²) in [6.07, 6.45) is 4.73. The monoisotopic (exact) mass is 303 g/mol. The van der Waals surface area contributed by atoms with Gasteiger partial charge in [-0.25, -0.2) is 0 Å². The van der Waals surface area contributed by atoms with Crippen molar-refractivity contribution in [2.45, 2.75) is 12.8 Å². The van der Waals surface area contributed by atoms with Crippen molar-refractivity contribution >= 4 is 29.0 Å². The topological polar surface area (TPSA) is 3.24 Å². The molecule has 0 N–H and O–H groups in total. The lowest BCUT2D eigenvalue weighted by Gasteiger charge is -2.24. The van der Waals surface area contributed by atoms with Crippen LogP contribution in [0.1, 0.15) is 18.4 Å². The summed E-state index contributed by atoms with van der Waals surface area (Å²) in [6, 6.07) is 12.8. The Morgan fingerprint density at radius 3 is 2.35 bits per heavy atom. The van der Waals surface area contributed by atoms with E-state index in [0.29, 0.717) is 0 Å². The number of rotatable bonds is 2. The maximum Gasteiger partial charge on any atom is 0.0934 e. The molecule has 1 aliphatic heterocycles. The summed E-state index contributed by atoms with van der Waals surface area (Å²) >= 11 is 7.61. The highest BCUT2D eigenvalue weighted by molar-refractivity contribution is 7.19. The van der Waals surface area contributed by atoms with Gasteiger partial charge in [0.05, 0.1) is 4.34 Å². The van der Waals surface area contributed by atoms with Crippen molar-refractivity contribution in [2.24, 2.45) is 0 Å². The molecule has 0 atom stereocenters. The summed E-state index contributed by atoms with van der Waals surface area (Å²) in [5.41, 5.74) is 4.11. The van der Waals surface area contributed by atoms with E-state index in [1.807, 2.05) is 6.07 Å². The second kappa shape index (κ2) is 6.13. The van der Waals surface area contributed by atoms with Gasteiger partial charge in [0.15, 0.2) is 0 Å². The van der Waals surface area contributed by atoms with Gasteiger partial charge in [-0.3, -0.25) is 0 Å². The van der Waals surface area contributed by atoms with Gasteiger partial charge in [0.25, 0.3) is 0 Å². The molecule has 1 aromatic carbocycles. The molecule has 1 saturated heterocycles. The van der Waals surface area contributed by atoms with Crippen molar-refractivity contribution in [3.63, 3.8) is 0 Å². The molecule has 0 bridgehead atoms. The van der Waals surface area contributed by atoms with Gasteiger partial charge in [-0.1, -0.05) is 47.5 Å². The largest absolute Gasteiger partial charge is 0.306 e. The predicted octanol–water partition coefficient (Wildman–Crippen LogP) is 5.18. The number of hydrogen-bond acceptors (Lipinski definition) is 2. The summed E-state index contributed by atoms with van der Waals surface area (Å²) in [4.78, 5) is 3.62. The van der Waals surface area contributed by atoms with E-state index in [1.165, 1.54) is 41.9 Å². The number of halogens is 1. The molecule has 0 saturated carbocycles. The van der Waals surface area contributed by atoms with Crippen LogP contribution in [0.3, 0.4) is 0 Å². The van der Waals surface area contributed by atoms with Crippen molar-refractivity contribution in [1.82, 2.24) is 4.90 Å². The summed E-state index contributed by atoms with van der Waals surface area (Å²) in [7, 11) is 2.19. The lowest BCUT2D eigenvalue weighted by atomic mass is 10.0. The molecule has 0 aliphatic carbocycles. The highest BCUT2D eigenvalue weighted by Crippen LogP contribution is 2.31. The lowest BCUT2D eigenvalue weighted by molar-refractivity contribution is 0.313. The molecule has 1 nitrogen and oxygen atoms in total. The molecule has 2 heterocycles. The molecule has 0 amide bonds. The number of likely N-dealkylation sites (tertiary alicyclic amines) is 1. The molecule has 1 fully saturated rings. The third-order valence-corrected chi connectivity index (χ3v) is 5.05. The van der Waals surface area contributed by atoms with Crippen LogP contribution >= 0.6 is 22.9 Å². The second-order valence-corrected chi connectivity index (χ2v) is 7.05. The first-order valence-corrected chi connectivity index (χ1v) is 8.14. The smallest absolute Gasteiger partial charge is 0.0934 e. The molecule has 0 radical (unpaired) electrons. The van der Waals surface area contributed by atoms with Gasteiger partial charge in [-0.15, -0.1) is 11.3 Å². The van der Waals surface area contributed by atoms with E-state index < -0.39 is 0 Å². The number of nitrogens with zero attached hydrogens (tertiary/aromatic N) is 1. The Balaban J connectivity index is 1.75. The maximum absolute atomic E-state index is 5.99. The van der Waals surface area contributed by atoms with Crippen LogP contribution in [-0.2, 0) is 0 Å². The normalized spacial score (nSPS) is 16.4. The predicted molar refractivity (Wildman–Crippen MR) is 89.5 cm³/mol. The fraction of sp³-hybridized carbons (Fsp3) is 0.294. The average Bonchev–Trinajstić information content (AvgIpc) is 2.89. The average molecular weight is 304 g/mol. The molecule has 0 unspecified atom stereocenters. The van der Waals surface area contributed by atoms with Crippen molar-refractivity contribution in [3.05, 3.63) is 51.9 Å². The van der Waals surface area contributed by atoms with Gasteiger partial charge < -0.3 is 4.90 Å². The van der Waals surface area contributed by atoms with Crippen molar-refractivity contribution in [1.29, 1.82) is 0 Å². The molecular formula is C17H18ClNS. The Hall–Kier alpha value is -1.09. The number of benzene rings is 1. The van der Waals surface area contributed by atoms with Crippen LogP contribution in [0.15, 0.2) is 42.0 Å². The summed E-state index contributed by atoms with van der Waals surface area (Å²) in [5, 5.41) is 0. The highest BCUT2D eigenvalue weighted by atomic mass is 35.5. The third-order valence-electron chi connectivity index (χ3n) is 3.77. The van der Waals surface area contributed by atoms with E-state index in [2.05, 4.69) is 48.4 Å². The number of piperidine rings is 1. The Kier molecular flexibility index (Phi) is 4.25. The SMILES string of the molecule is CN1CCC(=Cc2ccc(-c3ccc(Cl)s3)cc2)CC1. The van der Waals surface area contributed by atoms with Gasteiger partial charge in [-0.05, 0) is 43.1 Å². The van der Waals surface area contributed by atoms with Crippen LogP contribution in [0.25, 0.3) is 16.5 Å². The first-order valence-electron chi connectivity index (χ1n) is 6.94. The van der Waals surface area contributed by atoms with Crippen molar-refractivity contribution in [2.75, 3.05) is 20.1 Å². The first kappa shape index (κ1) is 13.9. The van der Waals surface area contributed by atoms with Crippen LogP contribution in [0.2, 0.25) is 4.34 Å². The Morgan fingerprint density at radius 2 is 1.75 bits per heavy atom. The van der Waals surface area contributed by atoms with Crippen LogP contribution in [0, 0.1) is 0 Å². The minimum Gasteiger partial charge on any atom is -0.306 e. The minimum atomic E-state index is 0.845. The van der Waals surface area contributed by atoms with Gasteiger partial charge in [0, 0.05) is 18.0 Å². The summed E-state index contributed by atoms with van der Waals surface area (Å²) < 4.78 is 0.845. The molecule has 20 heavy (non-hydrogen) atoms. The fourth-order valence-corrected chi connectivity index (χ4v) is 3.55.